The Morgan fingerprint density at radius 2 is 2.04 bits per heavy atom. The second-order valence-electron chi connectivity index (χ2n) is 5.86. The van der Waals surface area contributed by atoms with Gasteiger partial charge >= 0.3 is 0 Å². The Labute approximate surface area is 170 Å². The number of nitrogens with zero attached hydrogens (tertiary/aromatic N) is 2. The van der Waals surface area contributed by atoms with Crippen LogP contribution in [0.3, 0.4) is 0 Å². The average Bonchev–Trinajstić information content (AvgIpc) is 2.67. The van der Waals surface area contributed by atoms with Crippen molar-refractivity contribution >= 4 is 56.0 Å². The first-order valence-corrected chi connectivity index (χ1v) is 9.86. The highest BCUT2D eigenvalue weighted by molar-refractivity contribution is 9.10. The van der Waals surface area contributed by atoms with Crippen molar-refractivity contribution in [2.75, 3.05) is 19.5 Å². The Morgan fingerprint density at radius 3 is 2.74 bits per heavy atom. The summed E-state index contributed by atoms with van der Waals surface area (Å²) in [5.74, 6) is 0.269. The number of rotatable bonds is 4. The normalized spacial score (nSPS) is 18.5. The van der Waals surface area contributed by atoms with Crippen LogP contribution in [0.5, 0.6) is 5.75 Å². The second-order valence-corrected chi connectivity index (χ2v) is 7.94. The molecule has 1 N–H and O–H groups in total. The first-order chi connectivity index (χ1) is 13.0. The first-order valence-electron chi connectivity index (χ1n) is 8.18. The predicted octanol–water partition coefficient (Wildman–Crippen LogP) is 4.05. The van der Waals surface area contributed by atoms with E-state index in [2.05, 4.69) is 26.2 Å². The van der Waals surface area contributed by atoms with E-state index in [1.54, 1.807) is 38.4 Å². The zero-order valence-corrected chi connectivity index (χ0v) is 17.2. The number of halogens is 1. The number of benzene rings is 2. The monoisotopic (exact) mass is 447 g/mol. The summed E-state index contributed by atoms with van der Waals surface area (Å²) in [6.45, 7) is 0. The van der Waals surface area contributed by atoms with Gasteiger partial charge in [0.2, 0.25) is 11.8 Å². The molecule has 2 aromatic rings. The molecule has 1 heterocycles. The molecule has 0 aliphatic carbocycles. The second kappa shape index (κ2) is 8.58. The van der Waals surface area contributed by atoms with Crippen LogP contribution in [0.25, 0.3) is 0 Å². The van der Waals surface area contributed by atoms with Gasteiger partial charge in [0.25, 0.3) is 0 Å². The zero-order valence-electron chi connectivity index (χ0n) is 14.8. The van der Waals surface area contributed by atoms with Crippen LogP contribution < -0.4 is 10.1 Å². The highest BCUT2D eigenvalue weighted by Gasteiger charge is 2.34. The topological polar surface area (TPSA) is 71.0 Å². The lowest BCUT2D eigenvalue weighted by molar-refractivity contribution is -0.128. The predicted molar refractivity (Wildman–Crippen MR) is 112 cm³/mol. The minimum Gasteiger partial charge on any atom is -0.497 e. The molecule has 27 heavy (non-hydrogen) atoms. The number of amides is 2. The number of methoxy groups -OCH3 is 1. The van der Waals surface area contributed by atoms with E-state index in [1.165, 1.54) is 16.7 Å². The van der Waals surface area contributed by atoms with E-state index in [0.29, 0.717) is 22.3 Å². The van der Waals surface area contributed by atoms with Gasteiger partial charge in [-0.15, -0.1) is 0 Å². The lowest BCUT2D eigenvalue weighted by atomic mass is 10.2. The van der Waals surface area contributed by atoms with Crippen LogP contribution in [0, 0.1) is 0 Å². The SMILES string of the molecule is COc1cccc(NC(=O)C2CC(=O)N(C)C(=Nc3ccc(Br)cc3)S2)c1. The minimum atomic E-state index is -0.547. The third kappa shape index (κ3) is 4.90. The Morgan fingerprint density at radius 1 is 1.30 bits per heavy atom. The number of ether oxygens (including phenoxy) is 1. The third-order valence-corrected chi connectivity index (χ3v) is 5.72. The van der Waals surface area contributed by atoms with Crippen LogP contribution in [-0.4, -0.2) is 41.3 Å². The van der Waals surface area contributed by atoms with E-state index in [0.717, 1.165) is 4.47 Å². The summed E-state index contributed by atoms with van der Waals surface area (Å²) < 4.78 is 6.11. The average molecular weight is 448 g/mol. The summed E-state index contributed by atoms with van der Waals surface area (Å²) in [5, 5.41) is 2.79. The highest BCUT2D eigenvalue weighted by atomic mass is 79.9. The van der Waals surface area contributed by atoms with Crippen LogP contribution >= 0.6 is 27.7 Å². The lowest BCUT2D eigenvalue weighted by Gasteiger charge is -2.28. The Balaban J connectivity index is 1.76. The summed E-state index contributed by atoms with van der Waals surface area (Å²) in [6.07, 6.45) is 0.121. The van der Waals surface area contributed by atoms with Gasteiger partial charge in [0.1, 0.15) is 11.0 Å². The molecule has 0 saturated carbocycles. The molecule has 0 spiro atoms. The number of amidine groups is 1. The molecule has 0 aromatic heterocycles. The van der Waals surface area contributed by atoms with Crippen molar-refractivity contribution < 1.29 is 14.3 Å². The molecular formula is C19H18BrN3O3S. The number of anilines is 1. The molecule has 1 atom stereocenters. The van der Waals surface area contributed by atoms with Gasteiger partial charge in [-0.1, -0.05) is 33.8 Å². The van der Waals surface area contributed by atoms with Crippen molar-refractivity contribution in [3.8, 4) is 5.75 Å². The molecule has 1 fully saturated rings. The van der Waals surface area contributed by atoms with Crippen LogP contribution in [0.2, 0.25) is 0 Å². The lowest BCUT2D eigenvalue weighted by Crippen LogP contribution is -2.43. The standard InChI is InChI=1S/C19H18BrN3O3S/c1-23-17(24)11-16(18(25)21-14-4-3-5-15(10-14)26-2)27-19(23)22-13-8-6-12(20)7-9-13/h3-10,16H,11H2,1-2H3,(H,21,25). The molecule has 8 heteroatoms. The van der Waals surface area contributed by atoms with Crippen molar-refractivity contribution in [1.82, 2.24) is 4.90 Å². The maximum Gasteiger partial charge on any atom is 0.238 e. The van der Waals surface area contributed by atoms with Gasteiger partial charge in [0.05, 0.1) is 12.8 Å². The molecule has 1 saturated heterocycles. The van der Waals surface area contributed by atoms with Crippen molar-refractivity contribution in [3.63, 3.8) is 0 Å². The fourth-order valence-corrected chi connectivity index (χ4v) is 3.78. The van der Waals surface area contributed by atoms with Crippen LogP contribution in [0.4, 0.5) is 11.4 Å². The number of hydrogen-bond donors (Lipinski definition) is 1. The van der Waals surface area contributed by atoms with Crippen molar-refractivity contribution in [2.24, 2.45) is 4.99 Å². The van der Waals surface area contributed by atoms with E-state index in [1.807, 2.05) is 24.3 Å². The molecular weight excluding hydrogens is 430 g/mol. The molecule has 2 amide bonds. The molecule has 6 nitrogen and oxygen atoms in total. The minimum absolute atomic E-state index is 0.121. The van der Waals surface area contributed by atoms with Gasteiger partial charge in [-0.2, -0.15) is 0 Å². The van der Waals surface area contributed by atoms with Gasteiger partial charge in [-0.05, 0) is 36.4 Å². The molecule has 140 valence electrons. The fraction of sp³-hybridized carbons (Fsp3) is 0.211. The van der Waals surface area contributed by atoms with E-state index in [9.17, 15) is 9.59 Å². The van der Waals surface area contributed by atoms with Crippen molar-refractivity contribution in [2.45, 2.75) is 11.7 Å². The van der Waals surface area contributed by atoms with E-state index >= 15 is 0 Å². The Hall–Kier alpha value is -2.32. The van der Waals surface area contributed by atoms with E-state index in [-0.39, 0.29) is 18.2 Å². The molecule has 1 unspecified atom stereocenters. The summed E-state index contributed by atoms with van der Waals surface area (Å²) in [5.41, 5.74) is 1.34. The Bertz CT molecular complexity index is 886. The fourth-order valence-electron chi connectivity index (χ4n) is 2.45. The van der Waals surface area contributed by atoms with E-state index < -0.39 is 5.25 Å². The number of thioether (sulfide) groups is 1. The maximum absolute atomic E-state index is 12.7. The summed E-state index contributed by atoms with van der Waals surface area (Å²) in [4.78, 5) is 31.0. The smallest absolute Gasteiger partial charge is 0.238 e. The van der Waals surface area contributed by atoms with E-state index in [4.69, 9.17) is 4.74 Å². The van der Waals surface area contributed by atoms with Crippen LogP contribution in [0.15, 0.2) is 58.0 Å². The van der Waals surface area contributed by atoms with Gasteiger partial charge in [-0.25, -0.2) is 4.99 Å². The molecule has 2 aromatic carbocycles. The van der Waals surface area contributed by atoms with Gasteiger partial charge < -0.3 is 10.1 Å². The van der Waals surface area contributed by atoms with Gasteiger partial charge in [0.15, 0.2) is 5.17 Å². The first kappa shape index (κ1) is 19.4. The number of nitrogens with one attached hydrogen (secondary N) is 1. The van der Waals surface area contributed by atoms with Crippen LogP contribution in [-0.2, 0) is 9.59 Å². The summed E-state index contributed by atoms with van der Waals surface area (Å²) in [6, 6.07) is 14.5. The van der Waals surface area contributed by atoms with Crippen LogP contribution in [0.1, 0.15) is 6.42 Å². The molecule has 0 radical (unpaired) electrons. The zero-order chi connectivity index (χ0) is 19.4. The molecule has 3 rings (SSSR count). The number of carbonyl (C=O) groups is 2. The molecule has 1 aliphatic rings. The summed E-state index contributed by atoms with van der Waals surface area (Å²) in [7, 11) is 3.24. The third-order valence-electron chi connectivity index (χ3n) is 3.95. The quantitative estimate of drug-likeness (QED) is 0.767. The number of hydrogen-bond acceptors (Lipinski definition) is 5. The van der Waals surface area contributed by atoms with Crippen molar-refractivity contribution in [3.05, 3.63) is 53.0 Å². The largest absolute Gasteiger partial charge is 0.497 e. The van der Waals surface area contributed by atoms with Crippen molar-refractivity contribution in [1.29, 1.82) is 0 Å². The molecule has 1 aliphatic heterocycles. The molecule has 0 bridgehead atoms. The summed E-state index contributed by atoms with van der Waals surface area (Å²) >= 11 is 4.66. The Kier molecular flexibility index (Phi) is 6.18. The highest BCUT2D eigenvalue weighted by Crippen LogP contribution is 2.29. The number of aliphatic imine (C=N–C) groups is 1. The number of carbonyl (C=O) groups excluding carboxylic acids is 2. The van der Waals surface area contributed by atoms with Gasteiger partial charge in [-0.3, -0.25) is 14.5 Å². The maximum atomic E-state index is 12.7. The van der Waals surface area contributed by atoms with Gasteiger partial charge in [0, 0.05) is 29.7 Å².